The van der Waals surface area contributed by atoms with Crippen LogP contribution in [0.2, 0.25) is 0 Å². The quantitative estimate of drug-likeness (QED) is 0.748. The van der Waals surface area contributed by atoms with Gasteiger partial charge in [0.15, 0.2) is 0 Å². The molecule has 0 fully saturated rings. The van der Waals surface area contributed by atoms with E-state index in [9.17, 15) is 13.2 Å². The average molecular weight is 371 g/mol. The molecular weight excluding hydrogens is 354 g/mol. The summed E-state index contributed by atoms with van der Waals surface area (Å²) in [6.07, 6.45) is 0.200. The Kier molecular flexibility index (Phi) is 6.88. The van der Waals surface area contributed by atoms with E-state index in [1.165, 1.54) is 0 Å². The topological polar surface area (TPSA) is 109 Å². The number of ether oxygens (including phenoxy) is 1. The number of nitrogens with zero attached hydrogens (tertiary/aromatic N) is 2. The van der Waals surface area contributed by atoms with Gasteiger partial charge in [0.2, 0.25) is 0 Å². The molecule has 0 heterocycles. The van der Waals surface area contributed by atoms with Crippen molar-refractivity contribution in [2.45, 2.75) is 13.3 Å². The van der Waals surface area contributed by atoms with Gasteiger partial charge in [-0.05, 0) is 36.8 Å². The minimum atomic E-state index is -2.61. The highest BCUT2D eigenvalue weighted by atomic mass is 32.2. The van der Waals surface area contributed by atoms with E-state index in [0.717, 1.165) is 5.56 Å². The number of rotatable bonds is 7. The van der Waals surface area contributed by atoms with E-state index >= 15 is 0 Å². The highest BCUT2D eigenvalue weighted by Gasteiger charge is 2.08. The molecule has 0 saturated carbocycles. The SMILES string of the molecule is CCOC(=O)CCNc1ccc(-c2ccc(C#N)cc2)c(N=S(=O)=O)c1. The Morgan fingerprint density at radius 3 is 2.58 bits per heavy atom. The van der Waals surface area contributed by atoms with Gasteiger partial charge < -0.3 is 10.1 Å². The fourth-order valence-electron chi connectivity index (χ4n) is 2.31. The molecule has 0 aromatic heterocycles. The van der Waals surface area contributed by atoms with Gasteiger partial charge in [0.05, 0.1) is 30.3 Å². The van der Waals surface area contributed by atoms with Crippen molar-refractivity contribution in [1.82, 2.24) is 0 Å². The van der Waals surface area contributed by atoms with Crippen LogP contribution in [-0.4, -0.2) is 27.5 Å². The highest BCUT2D eigenvalue weighted by molar-refractivity contribution is 7.61. The highest BCUT2D eigenvalue weighted by Crippen LogP contribution is 2.33. The van der Waals surface area contributed by atoms with Gasteiger partial charge in [-0.2, -0.15) is 13.7 Å². The van der Waals surface area contributed by atoms with Crippen molar-refractivity contribution in [3.8, 4) is 17.2 Å². The summed E-state index contributed by atoms with van der Waals surface area (Å²) in [5.41, 5.74) is 2.78. The predicted octanol–water partition coefficient (Wildman–Crippen LogP) is 3.28. The molecule has 0 aliphatic rings. The van der Waals surface area contributed by atoms with Crippen molar-refractivity contribution in [3.05, 3.63) is 48.0 Å². The zero-order valence-corrected chi connectivity index (χ0v) is 14.9. The Balaban J connectivity index is 2.25. The Bertz CT molecular complexity index is 953. The number of carbonyl (C=O) groups excluding carboxylic acids is 1. The molecule has 0 atom stereocenters. The summed E-state index contributed by atoms with van der Waals surface area (Å²) in [4.78, 5) is 11.4. The van der Waals surface area contributed by atoms with Crippen molar-refractivity contribution >= 4 is 27.8 Å². The van der Waals surface area contributed by atoms with E-state index in [1.807, 2.05) is 6.07 Å². The first kappa shape index (κ1) is 19.1. The maximum atomic E-state index is 11.4. The third kappa shape index (κ3) is 5.43. The lowest BCUT2D eigenvalue weighted by molar-refractivity contribution is -0.142. The first-order chi connectivity index (χ1) is 12.5. The van der Waals surface area contributed by atoms with E-state index in [0.29, 0.717) is 30.0 Å². The lowest BCUT2D eigenvalue weighted by atomic mass is 10.0. The van der Waals surface area contributed by atoms with Gasteiger partial charge in [0.1, 0.15) is 0 Å². The number of hydrogen-bond acceptors (Lipinski definition) is 7. The molecule has 0 bridgehead atoms. The number of nitrogens with one attached hydrogen (secondary N) is 1. The smallest absolute Gasteiger partial charge is 0.316 e. The van der Waals surface area contributed by atoms with Crippen molar-refractivity contribution in [2.24, 2.45) is 4.36 Å². The molecule has 8 heteroatoms. The van der Waals surface area contributed by atoms with Crippen LogP contribution >= 0.6 is 0 Å². The lowest BCUT2D eigenvalue weighted by Crippen LogP contribution is -2.11. The second-order valence-corrected chi connectivity index (χ2v) is 5.83. The van der Waals surface area contributed by atoms with Crippen LogP contribution in [0.15, 0.2) is 46.8 Å². The minimum absolute atomic E-state index is 0.200. The van der Waals surface area contributed by atoms with Crippen LogP contribution in [0.1, 0.15) is 18.9 Å². The number of benzene rings is 2. The molecule has 2 aromatic rings. The first-order valence-corrected chi connectivity index (χ1v) is 8.92. The molecule has 7 nitrogen and oxygen atoms in total. The minimum Gasteiger partial charge on any atom is -0.466 e. The van der Waals surface area contributed by atoms with E-state index in [4.69, 9.17) is 10.00 Å². The van der Waals surface area contributed by atoms with Gasteiger partial charge in [-0.3, -0.25) is 4.79 Å². The first-order valence-electron chi connectivity index (χ1n) is 7.88. The second kappa shape index (κ2) is 9.34. The summed E-state index contributed by atoms with van der Waals surface area (Å²) < 4.78 is 30.6. The zero-order valence-electron chi connectivity index (χ0n) is 14.1. The molecule has 0 spiro atoms. The molecule has 2 rings (SSSR count). The van der Waals surface area contributed by atoms with Crippen molar-refractivity contribution in [2.75, 3.05) is 18.5 Å². The third-order valence-electron chi connectivity index (χ3n) is 3.46. The molecule has 0 aliphatic carbocycles. The monoisotopic (exact) mass is 371 g/mol. The maximum Gasteiger partial charge on any atom is 0.316 e. The Hall–Kier alpha value is -3.18. The Labute approximate surface area is 152 Å². The second-order valence-electron chi connectivity index (χ2n) is 5.21. The summed E-state index contributed by atoms with van der Waals surface area (Å²) in [7, 11) is -2.61. The van der Waals surface area contributed by atoms with Crippen LogP contribution in [0.4, 0.5) is 11.4 Å². The zero-order chi connectivity index (χ0) is 18.9. The van der Waals surface area contributed by atoms with Crippen LogP contribution in [0.5, 0.6) is 0 Å². The summed E-state index contributed by atoms with van der Waals surface area (Å²) in [6.45, 7) is 2.43. The molecular formula is C18H17N3O4S. The summed E-state index contributed by atoms with van der Waals surface area (Å²) >= 11 is 0. The predicted molar refractivity (Wildman–Crippen MR) is 97.3 cm³/mol. The van der Waals surface area contributed by atoms with Crippen LogP contribution in [0, 0.1) is 11.3 Å². The molecule has 1 N–H and O–H groups in total. The summed E-state index contributed by atoms with van der Waals surface area (Å²) in [5, 5.41) is 11.9. The number of esters is 1. The Morgan fingerprint density at radius 1 is 1.23 bits per heavy atom. The lowest BCUT2D eigenvalue weighted by Gasteiger charge is -2.10. The number of anilines is 1. The van der Waals surface area contributed by atoms with Crippen LogP contribution in [0.3, 0.4) is 0 Å². The van der Waals surface area contributed by atoms with Crippen molar-refractivity contribution < 1.29 is 17.9 Å². The number of hydrogen-bond donors (Lipinski definition) is 1. The average Bonchev–Trinajstić information content (AvgIpc) is 2.62. The maximum absolute atomic E-state index is 11.4. The molecule has 0 amide bonds. The fraction of sp³-hybridized carbons (Fsp3) is 0.222. The van der Waals surface area contributed by atoms with E-state index in [2.05, 4.69) is 9.68 Å². The van der Waals surface area contributed by atoms with Crippen LogP contribution in [-0.2, 0) is 20.0 Å². The van der Waals surface area contributed by atoms with Gasteiger partial charge in [-0.15, -0.1) is 4.36 Å². The molecule has 134 valence electrons. The number of carbonyl (C=O) groups is 1. The molecule has 0 aliphatic heterocycles. The molecule has 0 unspecified atom stereocenters. The van der Waals surface area contributed by atoms with E-state index in [1.54, 1.807) is 49.4 Å². The molecule has 0 radical (unpaired) electrons. The standard InChI is InChI=1S/C18H17N3O4S/c1-2-25-18(22)9-10-20-15-7-8-16(17(11-15)21-26(23)24)14-5-3-13(12-19)4-6-14/h3-8,11,20H,2,9-10H2,1H3. The van der Waals surface area contributed by atoms with Gasteiger partial charge in [-0.25, -0.2) is 0 Å². The largest absolute Gasteiger partial charge is 0.466 e. The molecule has 26 heavy (non-hydrogen) atoms. The number of nitriles is 1. The fourth-order valence-corrected chi connectivity index (χ4v) is 2.62. The Morgan fingerprint density at radius 2 is 1.96 bits per heavy atom. The molecule has 2 aromatic carbocycles. The van der Waals surface area contributed by atoms with Crippen molar-refractivity contribution in [1.29, 1.82) is 5.26 Å². The summed E-state index contributed by atoms with van der Waals surface area (Å²) in [6, 6.07) is 13.9. The van der Waals surface area contributed by atoms with E-state index in [-0.39, 0.29) is 18.1 Å². The van der Waals surface area contributed by atoms with Gasteiger partial charge >= 0.3 is 16.5 Å². The molecule has 0 saturated heterocycles. The summed E-state index contributed by atoms with van der Waals surface area (Å²) in [5.74, 6) is -0.306. The van der Waals surface area contributed by atoms with Crippen molar-refractivity contribution in [3.63, 3.8) is 0 Å². The van der Waals surface area contributed by atoms with E-state index < -0.39 is 10.5 Å². The third-order valence-corrected chi connectivity index (χ3v) is 3.80. The van der Waals surface area contributed by atoms with Gasteiger partial charge in [0, 0.05) is 17.8 Å². The van der Waals surface area contributed by atoms with Crippen LogP contribution in [0.25, 0.3) is 11.1 Å². The van der Waals surface area contributed by atoms with Gasteiger partial charge in [0.25, 0.3) is 0 Å². The normalized spacial score (nSPS) is 9.85. The van der Waals surface area contributed by atoms with Crippen LogP contribution < -0.4 is 5.32 Å². The van der Waals surface area contributed by atoms with Gasteiger partial charge in [-0.1, -0.05) is 18.2 Å².